The topological polar surface area (TPSA) is 39.7 Å². The molecule has 0 bridgehead atoms. The second-order valence-corrected chi connectivity index (χ2v) is 4.91. The molecule has 114 valence electrons. The minimum atomic E-state index is 0.197. The Balaban J connectivity index is 2.56. The Hall–Kier alpha value is -1.10. The zero-order chi connectivity index (χ0) is 14.8. The maximum Gasteiger partial charge on any atom is 0.119 e. The van der Waals surface area contributed by atoms with Crippen molar-refractivity contribution in [2.75, 3.05) is 33.5 Å². The van der Waals surface area contributed by atoms with E-state index in [1.165, 1.54) is 5.56 Å². The van der Waals surface area contributed by atoms with E-state index in [-0.39, 0.29) is 12.1 Å². The van der Waals surface area contributed by atoms with Crippen LogP contribution < -0.4 is 10.1 Å². The third kappa shape index (κ3) is 6.37. The van der Waals surface area contributed by atoms with E-state index in [1.807, 2.05) is 26.0 Å². The summed E-state index contributed by atoms with van der Waals surface area (Å²) in [5.74, 6) is 0.902. The van der Waals surface area contributed by atoms with Crippen LogP contribution in [0.25, 0.3) is 0 Å². The Bertz CT molecular complexity index is 351. The van der Waals surface area contributed by atoms with Crippen molar-refractivity contribution in [2.24, 2.45) is 0 Å². The van der Waals surface area contributed by atoms with E-state index < -0.39 is 0 Å². The van der Waals surface area contributed by atoms with Gasteiger partial charge in [0.15, 0.2) is 0 Å². The molecule has 1 N–H and O–H groups in total. The van der Waals surface area contributed by atoms with Gasteiger partial charge in [-0.25, -0.2) is 0 Å². The lowest BCUT2D eigenvalue weighted by molar-refractivity contribution is 0.0588. The van der Waals surface area contributed by atoms with Crippen LogP contribution in [-0.4, -0.2) is 39.6 Å². The smallest absolute Gasteiger partial charge is 0.119 e. The number of benzene rings is 1. The van der Waals surface area contributed by atoms with Crippen molar-refractivity contribution in [3.8, 4) is 5.75 Å². The molecule has 1 atom stereocenters. The number of methoxy groups -OCH3 is 1. The van der Waals surface area contributed by atoms with Crippen LogP contribution >= 0.6 is 0 Å². The van der Waals surface area contributed by atoms with E-state index in [1.54, 1.807) is 7.11 Å². The molecule has 0 aliphatic rings. The SMILES string of the molecule is CCNC(COCCOC)c1ccc(OC(C)C)cc1. The van der Waals surface area contributed by atoms with E-state index in [0.717, 1.165) is 12.3 Å². The second kappa shape index (κ2) is 9.75. The molecule has 1 unspecified atom stereocenters. The quantitative estimate of drug-likeness (QED) is 0.669. The fourth-order valence-corrected chi connectivity index (χ4v) is 1.91. The first-order valence-electron chi connectivity index (χ1n) is 7.24. The van der Waals surface area contributed by atoms with Crippen LogP contribution in [0.3, 0.4) is 0 Å². The molecular formula is C16H27NO3. The van der Waals surface area contributed by atoms with Gasteiger partial charge in [-0.3, -0.25) is 0 Å². The van der Waals surface area contributed by atoms with Crippen molar-refractivity contribution in [3.63, 3.8) is 0 Å². The summed E-state index contributed by atoms with van der Waals surface area (Å²) in [6.07, 6.45) is 0.197. The summed E-state index contributed by atoms with van der Waals surface area (Å²) < 4.78 is 16.3. The van der Waals surface area contributed by atoms with Gasteiger partial charge in [-0.05, 0) is 38.1 Å². The first kappa shape index (κ1) is 17.0. The molecule has 0 aliphatic heterocycles. The minimum Gasteiger partial charge on any atom is -0.491 e. The van der Waals surface area contributed by atoms with Crippen LogP contribution in [0.2, 0.25) is 0 Å². The van der Waals surface area contributed by atoms with Crippen LogP contribution in [0, 0.1) is 0 Å². The third-order valence-electron chi connectivity index (χ3n) is 2.82. The van der Waals surface area contributed by atoms with E-state index in [0.29, 0.717) is 19.8 Å². The predicted octanol–water partition coefficient (Wildman–Crippen LogP) is 2.79. The van der Waals surface area contributed by atoms with E-state index in [2.05, 4.69) is 24.4 Å². The van der Waals surface area contributed by atoms with Crippen molar-refractivity contribution in [3.05, 3.63) is 29.8 Å². The van der Waals surface area contributed by atoms with Gasteiger partial charge in [0.2, 0.25) is 0 Å². The van der Waals surface area contributed by atoms with Crippen molar-refractivity contribution in [1.82, 2.24) is 5.32 Å². The first-order chi connectivity index (χ1) is 9.67. The largest absolute Gasteiger partial charge is 0.491 e. The van der Waals surface area contributed by atoms with Gasteiger partial charge in [-0.15, -0.1) is 0 Å². The normalized spacial score (nSPS) is 12.7. The summed E-state index contributed by atoms with van der Waals surface area (Å²) in [6, 6.07) is 8.39. The van der Waals surface area contributed by atoms with Crippen LogP contribution in [0.4, 0.5) is 0 Å². The van der Waals surface area contributed by atoms with Gasteiger partial charge in [0.05, 0.1) is 32.0 Å². The summed E-state index contributed by atoms with van der Waals surface area (Å²) in [6.45, 7) is 8.94. The summed E-state index contributed by atoms with van der Waals surface area (Å²) >= 11 is 0. The lowest BCUT2D eigenvalue weighted by atomic mass is 10.1. The maximum atomic E-state index is 5.65. The molecule has 0 saturated carbocycles. The monoisotopic (exact) mass is 281 g/mol. The van der Waals surface area contributed by atoms with Gasteiger partial charge in [0, 0.05) is 7.11 Å². The molecule has 0 heterocycles. The Morgan fingerprint density at radius 2 is 1.80 bits per heavy atom. The lowest BCUT2D eigenvalue weighted by Gasteiger charge is -2.19. The number of ether oxygens (including phenoxy) is 3. The van der Waals surface area contributed by atoms with E-state index >= 15 is 0 Å². The summed E-state index contributed by atoms with van der Waals surface area (Å²) in [5.41, 5.74) is 1.21. The molecule has 0 radical (unpaired) electrons. The summed E-state index contributed by atoms with van der Waals surface area (Å²) in [4.78, 5) is 0. The number of likely N-dealkylation sites (N-methyl/N-ethyl adjacent to an activating group) is 1. The fourth-order valence-electron chi connectivity index (χ4n) is 1.91. The number of hydrogen-bond donors (Lipinski definition) is 1. The van der Waals surface area contributed by atoms with E-state index in [4.69, 9.17) is 14.2 Å². The Morgan fingerprint density at radius 1 is 1.10 bits per heavy atom. The molecule has 0 fully saturated rings. The molecular weight excluding hydrogens is 254 g/mol. The van der Waals surface area contributed by atoms with Crippen molar-refractivity contribution in [2.45, 2.75) is 32.9 Å². The molecule has 4 heteroatoms. The average molecular weight is 281 g/mol. The lowest BCUT2D eigenvalue weighted by Crippen LogP contribution is -2.26. The summed E-state index contributed by atoms with van der Waals surface area (Å²) in [7, 11) is 1.68. The zero-order valence-corrected chi connectivity index (χ0v) is 13.0. The molecule has 0 aromatic heterocycles. The minimum absolute atomic E-state index is 0.197. The van der Waals surface area contributed by atoms with Crippen LogP contribution in [0.1, 0.15) is 32.4 Å². The molecule has 4 nitrogen and oxygen atoms in total. The highest BCUT2D eigenvalue weighted by molar-refractivity contribution is 5.29. The molecule has 0 saturated heterocycles. The molecule has 20 heavy (non-hydrogen) atoms. The van der Waals surface area contributed by atoms with Crippen LogP contribution in [0.15, 0.2) is 24.3 Å². The van der Waals surface area contributed by atoms with Crippen molar-refractivity contribution >= 4 is 0 Å². The maximum absolute atomic E-state index is 5.65. The molecule has 0 aliphatic carbocycles. The van der Waals surface area contributed by atoms with Crippen LogP contribution in [-0.2, 0) is 9.47 Å². The summed E-state index contributed by atoms with van der Waals surface area (Å²) in [5, 5.41) is 3.43. The van der Waals surface area contributed by atoms with Gasteiger partial charge in [-0.1, -0.05) is 19.1 Å². The fraction of sp³-hybridized carbons (Fsp3) is 0.625. The van der Waals surface area contributed by atoms with Crippen molar-refractivity contribution < 1.29 is 14.2 Å². The Labute approximate surface area is 122 Å². The number of rotatable bonds is 10. The van der Waals surface area contributed by atoms with Gasteiger partial charge < -0.3 is 19.5 Å². The number of nitrogens with one attached hydrogen (secondary N) is 1. The van der Waals surface area contributed by atoms with Gasteiger partial charge in [0.25, 0.3) is 0 Å². The highest BCUT2D eigenvalue weighted by Crippen LogP contribution is 2.19. The highest BCUT2D eigenvalue weighted by Gasteiger charge is 2.10. The molecule has 1 rings (SSSR count). The Kier molecular flexibility index (Phi) is 8.26. The Morgan fingerprint density at radius 3 is 2.35 bits per heavy atom. The molecule has 1 aromatic rings. The third-order valence-corrected chi connectivity index (χ3v) is 2.82. The first-order valence-corrected chi connectivity index (χ1v) is 7.24. The predicted molar refractivity (Wildman–Crippen MR) is 81.3 cm³/mol. The van der Waals surface area contributed by atoms with E-state index in [9.17, 15) is 0 Å². The van der Waals surface area contributed by atoms with Crippen molar-refractivity contribution in [1.29, 1.82) is 0 Å². The molecule has 0 amide bonds. The average Bonchev–Trinajstić information content (AvgIpc) is 2.43. The standard InChI is InChI=1S/C16H27NO3/c1-5-17-16(12-19-11-10-18-4)14-6-8-15(9-7-14)20-13(2)3/h6-9,13,16-17H,5,10-12H2,1-4H3. The van der Waals surface area contributed by atoms with Gasteiger partial charge in [-0.2, -0.15) is 0 Å². The van der Waals surface area contributed by atoms with Gasteiger partial charge >= 0.3 is 0 Å². The molecule has 0 spiro atoms. The molecule has 1 aromatic carbocycles. The second-order valence-electron chi connectivity index (χ2n) is 4.91. The van der Waals surface area contributed by atoms with Crippen LogP contribution in [0.5, 0.6) is 5.75 Å². The zero-order valence-electron chi connectivity index (χ0n) is 13.0. The highest BCUT2D eigenvalue weighted by atomic mass is 16.5. The number of hydrogen-bond acceptors (Lipinski definition) is 4. The van der Waals surface area contributed by atoms with Gasteiger partial charge in [0.1, 0.15) is 5.75 Å².